The number of benzene rings is 1. The molecule has 1 aromatic rings. The number of unbranched alkanes of at least 4 members (excludes halogenated alkanes) is 3. The zero-order chi connectivity index (χ0) is 13.5. The zero-order valence-corrected chi connectivity index (χ0v) is 12.7. The van der Waals surface area contributed by atoms with E-state index in [-0.39, 0.29) is 5.82 Å². The topological polar surface area (TPSA) is 21.3 Å². The highest BCUT2D eigenvalue weighted by molar-refractivity contribution is 9.10. The van der Waals surface area contributed by atoms with Crippen LogP contribution in [-0.2, 0) is 0 Å². The summed E-state index contributed by atoms with van der Waals surface area (Å²) in [6.07, 6.45) is 7.27. The molecule has 0 spiro atoms. The van der Waals surface area contributed by atoms with Crippen molar-refractivity contribution in [1.82, 2.24) is 5.32 Å². The number of ether oxygens (including phenoxy) is 1. The normalized spacial score (nSPS) is 14.6. The molecule has 1 fully saturated rings. The molecule has 2 nitrogen and oxygen atoms in total. The molecule has 106 valence electrons. The van der Waals surface area contributed by atoms with Crippen LogP contribution in [0, 0.1) is 5.82 Å². The number of hydrogen-bond acceptors (Lipinski definition) is 2. The fourth-order valence-corrected chi connectivity index (χ4v) is 2.28. The van der Waals surface area contributed by atoms with Crippen molar-refractivity contribution in [1.29, 1.82) is 0 Å². The van der Waals surface area contributed by atoms with Crippen LogP contribution in [0.15, 0.2) is 22.7 Å². The summed E-state index contributed by atoms with van der Waals surface area (Å²) in [6, 6.07) is 5.58. The minimum Gasteiger partial charge on any atom is -0.490 e. The molecule has 1 N–H and O–H groups in total. The number of nitrogens with one attached hydrogen (secondary N) is 1. The van der Waals surface area contributed by atoms with Gasteiger partial charge in [0.1, 0.15) is 0 Å². The lowest BCUT2D eigenvalue weighted by Crippen LogP contribution is -2.17. The maximum Gasteiger partial charge on any atom is 0.165 e. The van der Waals surface area contributed by atoms with Gasteiger partial charge in [0.15, 0.2) is 11.6 Å². The summed E-state index contributed by atoms with van der Waals surface area (Å²) in [6.45, 7) is 1.72. The van der Waals surface area contributed by atoms with Gasteiger partial charge < -0.3 is 10.1 Å². The van der Waals surface area contributed by atoms with Crippen molar-refractivity contribution in [2.75, 3.05) is 13.2 Å². The molecular formula is C15H21BrFNO. The summed E-state index contributed by atoms with van der Waals surface area (Å²) in [4.78, 5) is 0. The highest BCUT2D eigenvalue weighted by atomic mass is 79.9. The summed E-state index contributed by atoms with van der Waals surface area (Å²) in [5.74, 6) is 0.0432. The Bertz CT molecular complexity index is 396. The molecule has 1 aliphatic rings. The summed E-state index contributed by atoms with van der Waals surface area (Å²) in [5.41, 5.74) is 0. The Morgan fingerprint density at radius 1 is 1.21 bits per heavy atom. The van der Waals surface area contributed by atoms with E-state index in [4.69, 9.17) is 4.74 Å². The van der Waals surface area contributed by atoms with Crippen LogP contribution in [0.4, 0.5) is 4.39 Å². The Hall–Kier alpha value is -0.610. The molecule has 0 heterocycles. The molecule has 0 saturated heterocycles. The Kier molecular flexibility index (Phi) is 6.11. The second-order valence-corrected chi connectivity index (χ2v) is 5.98. The second kappa shape index (κ2) is 7.85. The van der Waals surface area contributed by atoms with Crippen molar-refractivity contribution in [3.63, 3.8) is 0 Å². The average molecular weight is 330 g/mol. The smallest absolute Gasteiger partial charge is 0.165 e. The van der Waals surface area contributed by atoms with Crippen LogP contribution in [0.25, 0.3) is 0 Å². The van der Waals surface area contributed by atoms with E-state index in [1.807, 2.05) is 0 Å². The van der Waals surface area contributed by atoms with Gasteiger partial charge in [0.25, 0.3) is 0 Å². The van der Waals surface area contributed by atoms with Gasteiger partial charge in [0, 0.05) is 10.5 Å². The van der Waals surface area contributed by atoms with Crippen molar-refractivity contribution < 1.29 is 9.13 Å². The van der Waals surface area contributed by atoms with E-state index in [1.165, 1.54) is 31.7 Å². The largest absolute Gasteiger partial charge is 0.490 e. The third-order valence-electron chi connectivity index (χ3n) is 3.23. The first kappa shape index (κ1) is 14.8. The first-order valence-corrected chi connectivity index (χ1v) is 7.86. The molecule has 2 rings (SSSR count). The monoisotopic (exact) mass is 329 g/mol. The quantitative estimate of drug-likeness (QED) is 0.683. The van der Waals surface area contributed by atoms with Crippen molar-refractivity contribution in [3.05, 3.63) is 28.5 Å². The maximum absolute atomic E-state index is 13.4. The van der Waals surface area contributed by atoms with Gasteiger partial charge in [-0.1, -0.05) is 28.8 Å². The fourth-order valence-electron chi connectivity index (χ4n) is 1.94. The van der Waals surface area contributed by atoms with Crippen LogP contribution in [0.3, 0.4) is 0 Å². The third-order valence-corrected chi connectivity index (χ3v) is 3.73. The van der Waals surface area contributed by atoms with E-state index in [2.05, 4.69) is 21.2 Å². The number of rotatable bonds is 9. The Morgan fingerprint density at radius 3 is 2.79 bits per heavy atom. The lowest BCUT2D eigenvalue weighted by molar-refractivity contribution is 0.290. The maximum atomic E-state index is 13.4. The molecule has 4 heteroatoms. The summed E-state index contributed by atoms with van der Waals surface area (Å²) in [5, 5.41) is 3.50. The average Bonchev–Trinajstić information content (AvgIpc) is 3.20. The Labute approximate surface area is 122 Å². The van der Waals surface area contributed by atoms with Gasteiger partial charge in [-0.05, 0) is 50.4 Å². The summed E-state index contributed by atoms with van der Waals surface area (Å²) >= 11 is 3.31. The molecule has 0 amide bonds. The zero-order valence-electron chi connectivity index (χ0n) is 11.1. The van der Waals surface area contributed by atoms with E-state index in [1.54, 1.807) is 12.1 Å². The number of hydrogen-bond donors (Lipinski definition) is 1. The molecule has 19 heavy (non-hydrogen) atoms. The van der Waals surface area contributed by atoms with Gasteiger partial charge in [-0.15, -0.1) is 0 Å². The van der Waals surface area contributed by atoms with E-state index < -0.39 is 0 Å². The van der Waals surface area contributed by atoms with Crippen LogP contribution in [0.2, 0.25) is 0 Å². The molecule has 0 aromatic heterocycles. The van der Waals surface area contributed by atoms with Crippen LogP contribution in [0.1, 0.15) is 38.5 Å². The standard InChI is InChI=1S/C15H21BrFNO/c16-12-5-8-14(17)15(11-12)19-10-4-2-1-3-9-18-13-6-7-13/h5,8,11,13,18H,1-4,6-7,9-10H2. The molecule has 0 radical (unpaired) electrons. The van der Waals surface area contributed by atoms with Crippen LogP contribution < -0.4 is 10.1 Å². The first-order chi connectivity index (χ1) is 9.25. The predicted molar refractivity (Wildman–Crippen MR) is 79.1 cm³/mol. The number of halogens is 2. The Morgan fingerprint density at radius 2 is 2.00 bits per heavy atom. The molecule has 0 unspecified atom stereocenters. The molecule has 0 atom stereocenters. The molecular weight excluding hydrogens is 309 g/mol. The predicted octanol–water partition coefficient (Wildman–Crippen LogP) is 4.28. The Balaban J connectivity index is 1.49. The van der Waals surface area contributed by atoms with E-state index in [9.17, 15) is 4.39 Å². The molecule has 1 aliphatic carbocycles. The summed E-state index contributed by atoms with van der Waals surface area (Å²) in [7, 11) is 0. The lowest BCUT2D eigenvalue weighted by atomic mass is 10.2. The van der Waals surface area contributed by atoms with Crippen LogP contribution in [0.5, 0.6) is 5.75 Å². The van der Waals surface area contributed by atoms with E-state index in [0.717, 1.165) is 29.9 Å². The van der Waals surface area contributed by atoms with Gasteiger partial charge in [0.05, 0.1) is 6.61 Å². The van der Waals surface area contributed by atoms with Crippen molar-refractivity contribution in [2.45, 2.75) is 44.6 Å². The fraction of sp³-hybridized carbons (Fsp3) is 0.600. The van der Waals surface area contributed by atoms with Gasteiger partial charge in [0.2, 0.25) is 0 Å². The van der Waals surface area contributed by atoms with Gasteiger partial charge in [-0.2, -0.15) is 0 Å². The van der Waals surface area contributed by atoms with Gasteiger partial charge in [-0.3, -0.25) is 0 Å². The summed E-state index contributed by atoms with van der Waals surface area (Å²) < 4.78 is 19.7. The van der Waals surface area contributed by atoms with E-state index in [0.29, 0.717) is 12.4 Å². The highest BCUT2D eigenvalue weighted by Gasteiger charge is 2.19. The molecule has 0 aliphatic heterocycles. The first-order valence-electron chi connectivity index (χ1n) is 7.07. The SMILES string of the molecule is Fc1ccc(Br)cc1OCCCCCCNC1CC1. The minimum atomic E-state index is -0.295. The minimum absolute atomic E-state index is 0.295. The molecule has 0 bridgehead atoms. The van der Waals surface area contributed by atoms with Crippen LogP contribution >= 0.6 is 15.9 Å². The van der Waals surface area contributed by atoms with Crippen molar-refractivity contribution in [3.8, 4) is 5.75 Å². The second-order valence-electron chi connectivity index (χ2n) is 5.07. The highest BCUT2D eigenvalue weighted by Crippen LogP contribution is 2.22. The van der Waals surface area contributed by atoms with E-state index >= 15 is 0 Å². The van der Waals surface area contributed by atoms with Crippen molar-refractivity contribution >= 4 is 15.9 Å². The van der Waals surface area contributed by atoms with Crippen LogP contribution in [-0.4, -0.2) is 19.2 Å². The molecule has 1 saturated carbocycles. The third kappa shape index (κ3) is 5.91. The van der Waals surface area contributed by atoms with Crippen molar-refractivity contribution in [2.24, 2.45) is 0 Å². The lowest BCUT2D eigenvalue weighted by Gasteiger charge is -2.07. The molecule has 1 aromatic carbocycles. The van der Waals surface area contributed by atoms with Gasteiger partial charge in [-0.25, -0.2) is 4.39 Å². The van der Waals surface area contributed by atoms with Gasteiger partial charge >= 0.3 is 0 Å².